The number of carbonyl (C=O) groups is 6. The number of rotatable bonds is 8. The molecule has 11 atom stereocenters. The minimum atomic E-state index is -1.58. The molecule has 1 aromatic rings. The zero-order chi connectivity index (χ0) is 37.1. The summed E-state index contributed by atoms with van der Waals surface area (Å²) >= 11 is 0. The molecule has 0 amide bonds. The molecule has 0 radical (unpaired) electrons. The number of hydrogen-bond donors (Lipinski definition) is 0. The van der Waals surface area contributed by atoms with Gasteiger partial charge in [-0.25, -0.2) is 4.68 Å². The van der Waals surface area contributed by atoms with Gasteiger partial charge in [0.05, 0.1) is 11.6 Å². The molecule has 4 saturated carbocycles. The van der Waals surface area contributed by atoms with Gasteiger partial charge in [0.25, 0.3) is 0 Å². The van der Waals surface area contributed by atoms with Crippen molar-refractivity contribution in [3.63, 3.8) is 0 Å². The molecule has 15 nitrogen and oxygen atoms in total. The Labute approximate surface area is 296 Å². The number of ether oxygens (including phenoxy) is 6. The lowest BCUT2D eigenvalue weighted by Crippen LogP contribution is -2.60. The zero-order valence-electron chi connectivity index (χ0n) is 30.4. The number of carbonyl (C=O) groups excluding carboxylic acids is 6. The first-order valence-corrected chi connectivity index (χ1v) is 17.9. The normalized spacial score (nSPS) is 39.9. The lowest BCUT2D eigenvalue weighted by molar-refractivity contribution is -0.313. The van der Waals surface area contributed by atoms with Gasteiger partial charge in [-0.3, -0.25) is 28.8 Å². The second-order valence-corrected chi connectivity index (χ2v) is 16.2. The van der Waals surface area contributed by atoms with E-state index in [1.165, 1.54) is 10.9 Å². The lowest BCUT2D eigenvalue weighted by Gasteiger charge is -2.63. The number of Topliss-reactive ketones (excluding diaryl/α,β-unsaturated/α-hetero) is 1. The second-order valence-electron chi connectivity index (χ2n) is 16.2. The summed E-state index contributed by atoms with van der Waals surface area (Å²) in [7, 11) is 0. The Kier molecular flexibility index (Phi) is 9.60. The highest BCUT2D eigenvalue weighted by Crippen LogP contribution is 2.73. The van der Waals surface area contributed by atoms with Crippen LogP contribution in [-0.2, 0) is 63.8 Å². The van der Waals surface area contributed by atoms with E-state index >= 15 is 0 Å². The quantitative estimate of drug-likeness (QED) is 0.278. The Bertz CT molecular complexity index is 1610. The van der Waals surface area contributed by atoms with Crippen LogP contribution >= 0.6 is 0 Å². The number of esters is 5. The highest BCUT2D eigenvalue weighted by Gasteiger charge is 2.68. The third kappa shape index (κ3) is 6.54. The van der Waals surface area contributed by atoms with Crippen molar-refractivity contribution in [3.8, 4) is 0 Å². The molecule has 0 unspecified atom stereocenters. The summed E-state index contributed by atoms with van der Waals surface area (Å²) in [5.41, 5.74) is -0.723. The second kappa shape index (κ2) is 13.3. The van der Waals surface area contributed by atoms with Crippen LogP contribution in [-0.4, -0.2) is 75.2 Å². The van der Waals surface area contributed by atoms with Gasteiger partial charge in [0.15, 0.2) is 18.4 Å². The fourth-order valence-electron chi connectivity index (χ4n) is 10.8. The summed E-state index contributed by atoms with van der Waals surface area (Å²) in [6, 6.07) is 0. The molecule has 15 heteroatoms. The average Bonchev–Trinajstić information content (AvgIpc) is 3.56. The van der Waals surface area contributed by atoms with Gasteiger partial charge in [0.2, 0.25) is 12.4 Å². The zero-order valence-corrected chi connectivity index (χ0v) is 30.4. The summed E-state index contributed by atoms with van der Waals surface area (Å²) in [4.78, 5) is 75.5. The van der Waals surface area contributed by atoms with E-state index in [2.05, 4.69) is 24.2 Å². The molecule has 0 N–H and O–H groups in total. The largest absolute Gasteiger partial charge is 0.459 e. The number of nitrogens with zero attached hydrogens (tertiary/aromatic N) is 3. The summed E-state index contributed by atoms with van der Waals surface area (Å²) < 4.78 is 34.6. The number of hydrogen-bond acceptors (Lipinski definition) is 14. The van der Waals surface area contributed by atoms with Gasteiger partial charge in [0.1, 0.15) is 18.1 Å². The molecule has 0 aromatic carbocycles. The van der Waals surface area contributed by atoms with Crippen molar-refractivity contribution in [1.29, 1.82) is 0 Å². The molecule has 2 bridgehead atoms. The Balaban J connectivity index is 1.20. The van der Waals surface area contributed by atoms with Crippen molar-refractivity contribution in [3.05, 3.63) is 11.9 Å². The van der Waals surface area contributed by atoms with Crippen LogP contribution in [0.5, 0.6) is 0 Å². The van der Waals surface area contributed by atoms with Crippen molar-refractivity contribution in [2.24, 2.45) is 33.5 Å². The van der Waals surface area contributed by atoms with Crippen LogP contribution in [0.4, 0.5) is 0 Å². The van der Waals surface area contributed by atoms with Gasteiger partial charge in [0, 0.05) is 39.5 Å². The molecule has 51 heavy (non-hydrogen) atoms. The van der Waals surface area contributed by atoms with E-state index < -0.39 is 60.1 Å². The van der Waals surface area contributed by atoms with Crippen LogP contribution in [0.1, 0.15) is 118 Å². The van der Waals surface area contributed by atoms with Crippen molar-refractivity contribution in [2.45, 2.75) is 144 Å². The van der Waals surface area contributed by atoms with Gasteiger partial charge < -0.3 is 28.4 Å². The maximum absolute atomic E-state index is 14.1. The predicted octanol–water partition coefficient (Wildman–Crippen LogP) is 3.91. The van der Waals surface area contributed by atoms with E-state index in [9.17, 15) is 28.8 Å². The molecule has 5 aliphatic rings. The molecule has 1 aromatic heterocycles. The van der Waals surface area contributed by atoms with Gasteiger partial charge in [-0.05, 0) is 74.5 Å². The van der Waals surface area contributed by atoms with Crippen LogP contribution in [0.2, 0.25) is 0 Å². The fourth-order valence-corrected chi connectivity index (χ4v) is 10.8. The van der Waals surface area contributed by atoms with Crippen LogP contribution < -0.4 is 0 Å². The van der Waals surface area contributed by atoms with E-state index in [1.807, 2.05) is 6.92 Å². The van der Waals surface area contributed by atoms with Crippen LogP contribution in [0.25, 0.3) is 0 Å². The SMILES string of the molecule is CC(=O)O[C@@H]1O[C@H](n2cc(COC(=O)[C@]3(C)CCC[C@@]4(C)[C@@H]5CC[C@@]6(C)C[C@]5(CC[C@@H]43)CC6=O)nn2)[C@@H](OC(C)=O)[C@@H](OC(C)=O)[C@H]1OC(C)=O. The van der Waals surface area contributed by atoms with Gasteiger partial charge >= 0.3 is 29.8 Å². The summed E-state index contributed by atoms with van der Waals surface area (Å²) in [5.74, 6) is -2.54. The van der Waals surface area contributed by atoms with Crippen LogP contribution in [0.15, 0.2) is 6.20 Å². The highest BCUT2D eigenvalue weighted by atomic mass is 16.7. The molecule has 280 valence electrons. The molecule has 5 fully saturated rings. The van der Waals surface area contributed by atoms with Crippen molar-refractivity contribution < 1.29 is 57.2 Å². The first-order valence-electron chi connectivity index (χ1n) is 17.9. The van der Waals surface area contributed by atoms with Gasteiger partial charge in [-0.15, -0.1) is 5.10 Å². The van der Waals surface area contributed by atoms with E-state index in [-0.39, 0.29) is 40.4 Å². The van der Waals surface area contributed by atoms with Crippen molar-refractivity contribution in [2.75, 3.05) is 0 Å². The third-order valence-electron chi connectivity index (χ3n) is 12.7. The Morgan fingerprint density at radius 2 is 1.45 bits per heavy atom. The smallest absolute Gasteiger partial charge is 0.312 e. The topological polar surface area (TPSA) is 189 Å². The van der Waals surface area contributed by atoms with E-state index in [0.29, 0.717) is 24.5 Å². The van der Waals surface area contributed by atoms with E-state index in [1.54, 1.807) is 0 Å². The molecule has 1 spiro atoms. The van der Waals surface area contributed by atoms with Crippen LogP contribution in [0, 0.1) is 33.5 Å². The number of aromatic nitrogens is 3. The third-order valence-corrected chi connectivity index (χ3v) is 12.7. The minimum Gasteiger partial charge on any atom is -0.459 e. The van der Waals surface area contributed by atoms with Gasteiger partial charge in [-0.2, -0.15) is 0 Å². The molecule has 1 aliphatic heterocycles. The minimum absolute atomic E-state index is 0.0300. The fraction of sp³-hybridized carbons (Fsp3) is 0.778. The van der Waals surface area contributed by atoms with Crippen molar-refractivity contribution >= 4 is 35.6 Å². The summed E-state index contributed by atoms with van der Waals surface area (Å²) in [6.07, 6.45) is 2.10. The maximum atomic E-state index is 14.1. The number of fused-ring (bicyclic) bond motifs is 3. The first-order chi connectivity index (χ1) is 23.9. The Morgan fingerprint density at radius 3 is 2.12 bits per heavy atom. The summed E-state index contributed by atoms with van der Waals surface area (Å²) in [6.45, 7) is 10.8. The molecule has 1 saturated heterocycles. The lowest BCUT2D eigenvalue weighted by atomic mass is 9.40. The first kappa shape index (κ1) is 36.9. The molecule has 6 rings (SSSR count). The van der Waals surface area contributed by atoms with E-state index in [0.717, 1.165) is 72.6 Å². The molecule has 2 heterocycles. The van der Waals surface area contributed by atoms with Gasteiger partial charge in [-0.1, -0.05) is 25.5 Å². The Morgan fingerprint density at radius 1 is 0.824 bits per heavy atom. The van der Waals surface area contributed by atoms with Crippen LogP contribution in [0.3, 0.4) is 0 Å². The molecular weight excluding hydrogens is 666 g/mol. The average molecular weight is 716 g/mol. The molecular formula is C36H49N3O12. The standard InChI is InChI=1S/C36H49N3O12/c1-19(40)47-27-28(48-20(2)41)30(51-31(50-22(4)43)29(27)49-21(3)42)39-16-23(37-38-39)17-46-32(45)35(7)12-8-11-34(6)24(35)10-14-36-15-26(44)33(5,18-36)13-9-25(34)36/h16,24-25,27-31H,8-15,17-18H2,1-7H3/t24-,25-,27+,28-,29+,30-,31+,33-,34+,35+,36-/m0/s1. The monoisotopic (exact) mass is 715 g/mol. The predicted molar refractivity (Wildman–Crippen MR) is 172 cm³/mol. The Hall–Kier alpha value is -3.88. The van der Waals surface area contributed by atoms with E-state index in [4.69, 9.17) is 28.4 Å². The van der Waals surface area contributed by atoms with Crippen molar-refractivity contribution in [1.82, 2.24) is 15.0 Å². The molecule has 4 aliphatic carbocycles. The highest BCUT2D eigenvalue weighted by molar-refractivity contribution is 5.88. The summed E-state index contributed by atoms with van der Waals surface area (Å²) in [5, 5.41) is 8.27. The maximum Gasteiger partial charge on any atom is 0.312 e. The number of ketones is 1.